The summed E-state index contributed by atoms with van der Waals surface area (Å²) in [7, 11) is 0. The molecule has 2 aromatic rings. The van der Waals surface area contributed by atoms with Gasteiger partial charge in [0.1, 0.15) is 4.70 Å². The maximum atomic E-state index is 11.8. The molecule has 0 bridgehead atoms. The fourth-order valence-electron chi connectivity index (χ4n) is 1.27. The lowest BCUT2D eigenvalue weighted by atomic mass is 10.4. The zero-order chi connectivity index (χ0) is 10.1. The summed E-state index contributed by atoms with van der Waals surface area (Å²) in [6, 6.07) is 1.86. The summed E-state index contributed by atoms with van der Waals surface area (Å²) in [5.41, 5.74) is 0.768. The molecule has 14 heavy (non-hydrogen) atoms. The average molecular weight is 224 g/mol. The molecule has 2 aromatic heterocycles. The first-order chi connectivity index (χ1) is 6.74. The standard InChI is InChI=1S/C9H8N2OS2/c1-2-4-11-8(12)7-6(3-5-14-7)10-9(11)13/h2-3,5H,1,4H2,(H,10,13). The summed E-state index contributed by atoms with van der Waals surface area (Å²) < 4.78 is 2.66. The molecule has 0 aliphatic carbocycles. The molecule has 0 saturated heterocycles. The van der Waals surface area contributed by atoms with Crippen LogP contribution in [0.25, 0.3) is 10.2 Å². The van der Waals surface area contributed by atoms with E-state index in [1.54, 1.807) is 6.08 Å². The number of nitrogens with zero attached hydrogens (tertiary/aromatic N) is 1. The van der Waals surface area contributed by atoms with Crippen LogP contribution >= 0.6 is 23.6 Å². The SMILES string of the molecule is C=CCn1c(=S)[nH]c2ccsc2c1=O. The summed E-state index contributed by atoms with van der Waals surface area (Å²) in [5, 5.41) is 1.87. The molecular formula is C9H8N2OS2. The highest BCUT2D eigenvalue weighted by Crippen LogP contribution is 2.13. The van der Waals surface area contributed by atoms with Crippen LogP contribution < -0.4 is 5.56 Å². The molecule has 0 aliphatic rings. The van der Waals surface area contributed by atoms with Crippen molar-refractivity contribution in [2.45, 2.75) is 6.54 Å². The van der Waals surface area contributed by atoms with Crippen molar-refractivity contribution in [2.75, 3.05) is 0 Å². The molecule has 0 atom stereocenters. The maximum absolute atomic E-state index is 11.8. The Morgan fingerprint density at radius 2 is 2.50 bits per heavy atom. The van der Waals surface area contributed by atoms with Gasteiger partial charge in [0.15, 0.2) is 4.77 Å². The maximum Gasteiger partial charge on any atom is 0.272 e. The second-order valence-electron chi connectivity index (χ2n) is 2.80. The van der Waals surface area contributed by atoms with Crippen molar-refractivity contribution >= 4 is 33.8 Å². The first kappa shape index (κ1) is 9.36. The van der Waals surface area contributed by atoms with Crippen LogP contribution in [-0.4, -0.2) is 9.55 Å². The zero-order valence-electron chi connectivity index (χ0n) is 7.32. The van der Waals surface area contributed by atoms with Crippen molar-refractivity contribution in [2.24, 2.45) is 0 Å². The Morgan fingerprint density at radius 1 is 1.71 bits per heavy atom. The lowest BCUT2D eigenvalue weighted by molar-refractivity contribution is 0.754. The van der Waals surface area contributed by atoms with Crippen molar-refractivity contribution in [1.29, 1.82) is 0 Å². The fraction of sp³-hybridized carbons (Fsp3) is 0.111. The summed E-state index contributed by atoms with van der Waals surface area (Å²) in [4.78, 5) is 14.8. The van der Waals surface area contributed by atoms with Gasteiger partial charge in [0, 0.05) is 6.54 Å². The van der Waals surface area contributed by atoms with E-state index >= 15 is 0 Å². The number of hydrogen-bond donors (Lipinski definition) is 1. The van der Waals surface area contributed by atoms with Crippen LogP contribution in [0.5, 0.6) is 0 Å². The smallest absolute Gasteiger partial charge is 0.272 e. The molecule has 2 heterocycles. The van der Waals surface area contributed by atoms with Crippen molar-refractivity contribution < 1.29 is 0 Å². The van der Waals surface area contributed by atoms with Crippen molar-refractivity contribution in [3.8, 4) is 0 Å². The second-order valence-corrected chi connectivity index (χ2v) is 4.10. The van der Waals surface area contributed by atoms with E-state index in [4.69, 9.17) is 12.2 Å². The number of rotatable bonds is 2. The first-order valence-electron chi connectivity index (χ1n) is 4.05. The van der Waals surface area contributed by atoms with Crippen molar-refractivity contribution in [1.82, 2.24) is 9.55 Å². The van der Waals surface area contributed by atoms with Crippen LogP contribution in [-0.2, 0) is 6.54 Å². The number of aromatic nitrogens is 2. The molecule has 3 nitrogen and oxygen atoms in total. The highest BCUT2D eigenvalue weighted by molar-refractivity contribution is 7.71. The van der Waals surface area contributed by atoms with Gasteiger partial charge in [0.2, 0.25) is 0 Å². The quantitative estimate of drug-likeness (QED) is 0.628. The topological polar surface area (TPSA) is 37.8 Å². The van der Waals surface area contributed by atoms with Gasteiger partial charge in [-0.05, 0) is 23.7 Å². The number of thiophene rings is 1. The molecule has 0 saturated carbocycles. The highest BCUT2D eigenvalue weighted by atomic mass is 32.1. The first-order valence-corrected chi connectivity index (χ1v) is 5.34. The van der Waals surface area contributed by atoms with E-state index in [0.29, 0.717) is 16.0 Å². The van der Waals surface area contributed by atoms with E-state index in [-0.39, 0.29) is 5.56 Å². The van der Waals surface area contributed by atoms with Gasteiger partial charge in [-0.1, -0.05) is 6.08 Å². The van der Waals surface area contributed by atoms with E-state index in [9.17, 15) is 4.79 Å². The van der Waals surface area contributed by atoms with Gasteiger partial charge in [-0.3, -0.25) is 9.36 Å². The number of hydrogen-bond acceptors (Lipinski definition) is 3. The van der Waals surface area contributed by atoms with Crippen LogP contribution in [0.3, 0.4) is 0 Å². The Labute approximate surface area is 89.3 Å². The molecule has 0 aliphatic heterocycles. The van der Waals surface area contributed by atoms with Gasteiger partial charge in [0.25, 0.3) is 5.56 Å². The van der Waals surface area contributed by atoms with Gasteiger partial charge < -0.3 is 4.98 Å². The fourth-order valence-corrected chi connectivity index (χ4v) is 2.33. The van der Waals surface area contributed by atoms with Crippen LogP contribution in [0.2, 0.25) is 0 Å². The molecule has 0 fully saturated rings. The van der Waals surface area contributed by atoms with E-state index in [1.807, 2.05) is 11.4 Å². The minimum atomic E-state index is -0.0429. The minimum Gasteiger partial charge on any atom is -0.331 e. The normalized spacial score (nSPS) is 10.6. The van der Waals surface area contributed by atoms with Crippen LogP contribution in [0.15, 0.2) is 28.9 Å². The summed E-state index contributed by atoms with van der Waals surface area (Å²) in [6.45, 7) is 4.04. The number of aromatic amines is 1. The lowest BCUT2D eigenvalue weighted by Gasteiger charge is -2.01. The van der Waals surface area contributed by atoms with Gasteiger partial charge >= 0.3 is 0 Å². The summed E-state index contributed by atoms with van der Waals surface area (Å²) in [5.74, 6) is 0. The molecule has 0 aromatic carbocycles. The van der Waals surface area contributed by atoms with Crippen LogP contribution in [0, 0.1) is 4.77 Å². The molecular weight excluding hydrogens is 216 g/mol. The summed E-state index contributed by atoms with van der Waals surface area (Å²) in [6.07, 6.45) is 1.66. The number of allylic oxidation sites excluding steroid dienone is 1. The highest BCUT2D eigenvalue weighted by Gasteiger charge is 2.04. The van der Waals surface area contributed by atoms with Gasteiger partial charge in [-0.25, -0.2) is 0 Å². The van der Waals surface area contributed by atoms with E-state index in [1.165, 1.54) is 15.9 Å². The van der Waals surface area contributed by atoms with Gasteiger partial charge in [-0.2, -0.15) is 0 Å². The van der Waals surface area contributed by atoms with E-state index in [2.05, 4.69) is 11.6 Å². The lowest BCUT2D eigenvalue weighted by Crippen LogP contribution is -2.20. The van der Waals surface area contributed by atoms with Crippen molar-refractivity contribution in [3.05, 3.63) is 39.2 Å². The monoisotopic (exact) mass is 224 g/mol. The molecule has 0 radical (unpaired) electrons. The predicted octanol–water partition coefficient (Wildman–Crippen LogP) is 2.31. The third-order valence-electron chi connectivity index (χ3n) is 1.90. The van der Waals surface area contributed by atoms with E-state index in [0.717, 1.165) is 5.52 Å². The Kier molecular flexibility index (Phi) is 2.35. The molecule has 0 unspecified atom stereocenters. The Bertz CT molecular complexity index is 591. The second kappa shape index (κ2) is 3.51. The molecule has 5 heteroatoms. The molecule has 1 N–H and O–H groups in total. The molecule has 2 rings (SSSR count). The predicted molar refractivity (Wildman–Crippen MR) is 61.5 cm³/mol. The number of H-pyrrole nitrogens is 1. The minimum absolute atomic E-state index is 0.0429. The van der Waals surface area contributed by atoms with Crippen molar-refractivity contribution in [3.63, 3.8) is 0 Å². The largest absolute Gasteiger partial charge is 0.331 e. The van der Waals surface area contributed by atoms with Crippen LogP contribution in [0.1, 0.15) is 0 Å². The third-order valence-corrected chi connectivity index (χ3v) is 3.13. The Balaban J connectivity index is 2.89. The molecule has 0 spiro atoms. The number of nitrogens with one attached hydrogen (secondary N) is 1. The number of fused-ring (bicyclic) bond motifs is 1. The van der Waals surface area contributed by atoms with Gasteiger partial charge in [-0.15, -0.1) is 17.9 Å². The Morgan fingerprint density at radius 3 is 3.21 bits per heavy atom. The Hall–Kier alpha value is -1.20. The average Bonchev–Trinajstić information content (AvgIpc) is 2.60. The van der Waals surface area contributed by atoms with Crippen LogP contribution in [0.4, 0.5) is 0 Å². The summed E-state index contributed by atoms with van der Waals surface area (Å²) >= 11 is 6.48. The molecule has 0 amide bonds. The molecule has 72 valence electrons. The van der Waals surface area contributed by atoms with Gasteiger partial charge in [0.05, 0.1) is 5.52 Å². The zero-order valence-corrected chi connectivity index (χ0v) is 8.95. The third kappa shape index (κ3) is 1.34. The van der Waals surface area contributed by atoms with E-state index < -0.39 is 0 Å².